The van der Waals surface area contributed by atoms with E-state index in [2.05, 4.69) is 20.9 Å². The Labute approximate surface area is 109 Å². The van der Waals surface area contributed by atoms with E-state index in [-0.39, 0.29) is 0 Å². The molecule has 0 unspecified atom stereocenters. The fourth-order valence-electron chi connectivity index (χ4n) is 1.41. The van der Waals surface area contributed by atoms with Gasteiger partial charge in [0, 0.05) is 11.0 Å². The van der Waals surface area contributed by atoms with Gasteiger partial charge in [-0.05, 0) is 36.4 Å². The van der Waals surface area contributed by atoms with Crippen LogP contribution in [0.4, 0.5) is 0 Å². The molecule has 2 rings (SSSR count). The summed E-state index contributed by atoms with van der Waals surface area (Å²) in [5.74, 6) is 0.827. The molecule has 0 atom stereocenters. The first-order valence-corrected chi connectivity index (χ1v) is 6.10. The van der Waals surface area contributed by atoms with Crippen LogP contribution in [-0.4, -0.2) is 4.98 Å². The Morgan fingerprint density at radius 2 is 1.76 bits per heavy atom. The maximum absolute atomic E-state index is 5.62. The largest absolute Gasteiger partial charge is 0.487 e. The van der Waals surface area contributed by atoms with E-state index in [1.807, 2.05) is 42.5 Å². The molecule has 3 nitrogen and oxygen atoms in total. The summed E-state index contributed by atoms with van der Waals surface area (Å²) < 4.78 is 6.66. The molecule has 0 saturated carbocycles. The number of ether oxygens (including phenoxy) is 1. The highest BCUT2D eigenvalue weighted by molar-refractivity contribution is 9.10. The topological polar surface area (TPSA) is 48.1 Å². The summed E-state index contributed by atoms with van der Waals surface area (Å²) in [6.45, 7) is 0.904. The van der Waals surface area contributed by atoms with E-state index in [4.69, 9.17) is 10.5 Å². The van der Waals surface area contributed by atoms with Gasteiger partial charge in [0.05, 0.1) is 11.4 Å². The van der Waals surface area contributed by atoms with E-state index < -0.39 is 0 Å². The molecule has 0 saturated heterocycles. The van der Waals surface area contributed by atoms with Crippen LogP contribution in [0.2, 0.25) is 0 Å². The van der Waals surface area contributed by atoms with Crippen molar-refractivity contribution in [1.29, 1.82) is 0 Å². The maximum Gasteiger partial charge on any atom is 0.130 e. The highest BCUT2D eigenvalue weighted by Crippen LogP contribution is 2.17. The van der Waals surface area contributed by atoms with Gasteiger partial charge in [-0.2, -0.15) is 0 Å². The van der Waals surface area contributed by atoms with Crippen molar-refractivity contribution in [3.63, 3.8) is 0 Å². The lowest BCUT2D eigenvalue weighted by Crippen LogP contribution is -2.04. The van der Waals surface area contributed by atoms with Crippen molar-refractivity contribution >= 4 is 15.9 Å². The smallest absolute Gasteiger partial charge is 0.130 e. The summed E-state index contributed by atoms with van der Waals surface area (Å²) in [4.78, 5) is 4.36. The van der Waals surface area contributed by atoms with E-state index in [1.165, 1.54) is 0 Å². The highest BCUT2D eigenvalue weighted by atomic mass is 79.9. The Balaban J connectivity index is 1.99. The molecular weight excluding hydrogens is 280 g/mol. The minimum absolute atomic E-state index is 0.451. The number of benzene rings is 1. The van der Waals surface area contributed by atoms with Gasteiger partial charge < -0.3 is 10.5 Å². The molecule has 2 aromatic rings. The molecule has 0 spiro atoms. The van der Waals surface area contributed by atoms with Gasteiger partial charge in [0.1, 0.15) is 12.4 Å². The fourth-order valence-corrected chi connectivity index (χ4v) is 1.68. The second-order valence-corrected chi connectivity index (χ2v) is 4.48. The first kappa shape index (κ1) is 12.1. The zero-order chi connectivity index (χ0) is 12.1. The average molecular weight is 293 g/mol. The normalized spacial score (nSPS) is 10.2. The Kier molecular flexibility index (Phi) is 4.12. The molecule has 1 aromatic carbocycles. The van der Waals surface area contributed by atoms with Crippen molar-refractivity contribution in [1.82, 2.24) is 4.98 Å². The molecule has 2 N–H and O–H groups in total. The van der Waals surface area contributed by atoms with Crippen molar-refractivity contribution in [2.45, 2.75) is 13.2 Å². The van der Waals surface area contributed by atoms with Crippen LogP contribution in [0.5, 0.6) is 5.75 Å². The molecule has 0 radical (unpaired) electrons. The molecule has 88 valence electrons. The van der Waals surface area contributed by atoms with Crippen LogP contribution in [0.25, 0.3) is 0 Å². The fraction of sp³-hybridized carbons (Fsp3) is 0.154. The molecule has 4 heteroatoms. The van der Waals surface area contributed by atoms with E-state index >= 15 is 0 Å². The molecule has 0 fully saturated rings. The Morgan fingerprint density at radius 3 is 2.47 bits per heavy atom. The van der Waals surface area contributed by atoms with Crippen LogP contribution in [0, 0.1) is 0 Å². The predicted octanol–water partition coefficient (Wildman–Crippen LogP) is 2.88. The third-order valence-corrected chi connectivity index (χ3v) is 2.80. The number of hydrogen-bond acceptors (Lipinski definition) is 3. The zero-order valence-corrected chi connectivity index (χ0v) is 10.9. The number of nitrogens with zero attached hydrogens (tertiary/aromatic N) is 1. The molecule has 1 aromatic heterocycles. The van der Waals surface area contributed by atoms with Crippen LogP contribution < -0.4 is 10.5 Å². The van der Waals surface area contributed by atoms with Crippen LogP contribution in [0.3, 0.4) is 0 Å². The van der Waals surface area contributed by atoms with Crippen molar-refractivity contribution in [2.24, 2.45) is 5.73 Å². The molecule has 0 bridgehead atoms. The number of aromatic nitrogens is 1. The van der Waals surface area contributed by atoms with Crippen LogP contribution in [0.1, 0.15) is 11.4 Å². The van der Waals surface area contributed by atoms with E-state index in [9.17, 15) is 0 Å². The van der Waals surface area contributed by atoms with Gasteiger partial charge in [0.25, 0.3) is 0 Å². The third kappa shape index (κ3) is 3.54. The molecular formula is C13H13BrN2O. The lowest BCUT2D eigenvalue weighted by Gasteiger charge is -2.06. The van der Waals surface area contributed by atoms with E-state index in [0.29, 0.717) is 13.2 Å². The van der Waals surface area contributed by atoms with Gasteiger partial charge in [-0.1, -0.05) is 22.0 Å². The summed E-state index contributed by atoms with van der Waals surface area (Å²) in [6.07, 6.45) is 0. The first-order valence-electron chi connectivity index (χ1n) is 5.31. The number of halogens is 1. The van der Waals surface area contributed by atoms with Gasteiger partial charge in [0.15, 0.2) is 0 Å². The minimum atomic E-state index is 0.451. The highest BCUT2D eigenvalue weighted by Gasteiger charge is 1.98. The van der Waals surface area contributed by atoms with Crippen LogP contribution in [-0.2, 0) is 13.2 Å². The number of hydrogen-bond donors (Lipinski definition) is 1. The molecule has 0 aliphatic rings. The summed E-state index contributed by atoms with van der Waals surface area (Å²) in [7, 11) is 0. The van der Waals surface area contributed by atoms with Gasteiger partial charge in [-0.15, -0.1) is 0 Å². The Morgan fingerprint density at radius 1 is 1.06 bits per heavy atom. The lowest BCUT2D eigenvalue weighted by atomic mass is 10.3. The van der Waals surface area contributed by atoms with Crippen molar-refractivity contribution in [2.75, 3.05) is 0 Å². The van der Waals surface area contributed by atoms with Gasteiger partial charge in [-0.25, -0.2) is 0 Å². The van der Waals surface area contributed by atoms with Crippen molar-refractivity contribution in [3.8, 4) is 5.75 Å². The molecule has 0 aliphatic carbocycles. The zero-order valence-electron chi connectivity index (χ0n) is 9.27. The Hall–Kier alpha value is -1.39. The number of rotatable bonds is 4. The molecule has 0 amide bonds. The minimum Gasteiger partial charge on any atom is -0.487 e. The quantitative estimate of drug-likeness (QED) is 0.943. The van der Waals surface area contributed by atoms with Gasteiger partial charge >= 0.3 is 0 Å². The standard InChI is InChI=1S/C13H13BrN2O/c14-10-4-6-13(7-5-10)17-9-12-3-1-2-11(8-15)16-12/h1-7H,8-9,15H2. The summed E-state index contributed by atoms with van der Waals surface area (Å²) >= 11 is 3.38. The predicted molar refractivity (Wildman–Crippen MR) is 70.6 cm³/mol. The Bertz CT molecular complexity index is 485. The van der Waals surface area contributed by atoms with Gasteiger partial charge in [0.2, 0.25) is 0 Å². The van der Waals surface area contributed by atoms with Crippen LogP contribution in [0.15, 0.2) is 46.9 Å². The van der Waals surface area contributed by atoms with Crippen LogP contribution >= 0.6 is 15.9 Å². The lowest BCUT2D eigenvalue weighted by molar-refractivity contribution is 0.301. The molecule has 0 aliphatic heterocycles. The monoisotopic (exact) mass is 292 g/mol. The molecule has 1 heterocycles. The third-order valence-electron chi connectivity index (χ3n) is 2.27. The van der Waals surface area contributed by atoms with E-state index in [0.717, 1.165) is 21.6 Å². The average Bonchev–Trinajstić information content (AvgIpc) is 2.38. The summed E-state index contributed by atoms with van der Waals surface area (Å²) in [5.41, 5.74) is 7.30. The molecule has 17 heavy (non-hydrogen) atoms. The van der Waals surface area contributed by atoms with E-state index in [1.54, 1.807) is 0 Å². The van der Waals surface area contributed by atoms with Gasteiger partial charge in [-0.3, -0.25) is 4.98 Å². The number of pyridine rings is 1. The second kappa shape index (κ2) is 5.80. The van der Waals surface area contributed by atoms with Crippen molar-refractivity contribution in [3.05, 3.63) is 58.3 Å². The van der Waals surface area contributed by atoms with Crippen molar-refractivity contribution < 1.29 is 4.74 Å². The SMILES string of the molecule is NCc1cccc(COc2ccc(Br)cc2)n1. The summed E-state index contributed by atoms with van der Waals surface area (Å²) in [6, 6.07) is 13.5. The summed E-state index contributed by atoms with van der Waals surface area (Å²) in [5, 5.41) is 0. The second-order valence-electron chi connectivity index (χ2n) is 3.57. The number of nitrogens with two attached hydrogens (primary N) is 1. The maximum atomic E-state index is 5.62. The first-order chi connectivity index (χ1) is 8.28.